The van der Waals surface area contributed by atoms with E-state index in [1.807, 2.05) is 6.07 Å². The Labute approximate surface area is 205 Å². The summed E-state index contributed by atoms with van der Waals surface area (Å²) in [6, 6.07) is 12.7. The molecule has 1 aromatic heterocycles. The van der Waals surface area contributed by atoms with Crippen molar-refractivity contribution in [2.45, 2.75) is 6.42 Å². The van der Waals surface area contributed by atoms with Crippen molar-refractivity contribution in [2.24, 2.45) is 0 Å². The van der Waals surface area contributed by atoms with Gasteiger partial charge < -0.3 is 28.8 Å². The van der Waals surface area contributed by atoms with E-state index in [2.05, 4.69) is 5.32 Å². The molecule has 36 heavy (non-hydrogen) atoms. The summed E-state index contributed by atoms with van der Waals surface area (Å²) < 4.78 is 34.1. The average molecular weight is 495 g/mol. The molecule has 0 aliphatic rings. The fourth-order valence-corrected chi connectivity index (χ4v) is 3.21. The van der Waals surface area contributed by atoms with Crippen LogP contribution in [0.2, 0.25) is 0 Å². The number of nitrogens with zero attached hydrogens (tertiary/aromatic N) is 2. The predicted octanol–water partition coefficient (Wildman–Crippen LogP) is 3.79. The van der Waals surface area contributed by atoms with E-state index in [0.717, 1.165) is 0 Å². The van der Waals surface area contributed by atoms with Gasteiger partial charge in [0.2, 0.25) is 0 Å². The van der Waals surface area contributed by atoms with Gasteiger partial charge in [0.05, 0.1) is 44.2 Å². The Balaban J connectivity index is 1.82. The van der Waals surface area contributed by atoms with Crippen LogP contribution in [0.5, 0.6) is 11.5 Å². The molecule has 0 radical (unpaired) electrons. The number of benzene rings is 2. The van der Waals surface area contributed by atoms with Crippen LogP contribution >= 0.6 is 0 Å². The molecule has 0 spiro atoms. The number of carbonyl (C=O) groups is 3. The zero-order valence-corrected chi connectivity index (χ0v) is 19.4. The van der Waals surface area contributed by atoms with Crippen LogP contribution in [0.15, 0.2) is 59.2 Å². The van der Waals surface area contributed by atoms with Crippen molar-refractivity contribution in [1.29, 1.82) is 5.26 Å². The van der Waals surface area contributed by atoms with Crippen molar-refractivity contribution >= 4 is 29.2 Å². The quantitative estimate of drug-likeness (QED) is 0.420. The van der Waals surface area contributed by atoms with Crippen LogP contribution in [-0.4, -0.2) is 45.2 Å². The average Bonchev–Trinajstić information content (AvgIpc) is 3.43. The third-order valence-corrected chi connectivity index (χ3v) is 4.95. The Bertz CT molecular complexity index is 1270. The summed E-state index contributed by atoms with van der Waals surface area (Å²) in [7, 11) is 2.76. The second-order valence-electron chi connectivity index (χ2n) is 7.19. The predicted molar refractivity (Wildman–Crippen MR) is 125 cm³/mol. The lowest BCUT2D eigenvalue weighted by atomic mass is 10.1. The van der Waals surface area contributed by atoms with Crippen LogP contribution in [0.3, 0.4) is 0 Å². The largest absolute Gasteiger partial charge is 0.493 e. The lowest BCUT2D eigenvalue weighted by molar-refractivity contribution is -0.121. The minimum atomic E-state index is -0.932. The highest BCUT2D eigenvalue weighted by atomic mass is 19.1. The van der Waals surface area contributed by atoms with E-state index in [-0.39, 0.29) is 41.5 Å². The Hall–Kier alpha value is -4.85. The minimum absolute atomic E-state index is 0.00622. The molecule has 0 fully saturated rings. The molecule has 186 valence electrons. The van der Waals surface area contributed by atoms with Gasteiger partial charge in [0.15, 0.2) is 23.9 Å². The minimum Gasteiger partial charge on any atom is -0.493 e. The van der Waals surface area contributed by atoms with Gasteiger partial charge in [0, 0.05) is 24.4 Å². The first-order chi connectivity index (χ1) is 17.4. The number of methoxy groups -OCH3 is 2. The molecular formula is C25H22FN3O7. The Morgan fingerprint density at radius 1 is 1.08 bits per heavy atom. The fraction of sp³-hybridized carbons (Fsp3) is 0.200. The molecule has 11 heteroatoms. The molecule has 0 aliphatic heterocycles. The number of rotatable bonds is 10. The van der Waals surface area contributed by atoms with Crippen molar-refractivity contribution in [1.82, 2.24) is 0 Å². The number of ether oxygens (including phenoxy) is 3. The number of esters is 1. The maximum Gasteiger partial charge on any atom is 0.340 e. The molecule has 0 saturated heterocycles. The summed E-state index contributed by atoms with van der Waals surface area (Å²) in [6.07, 6.45) is 1.33. The molecule has 2 aromatic carbocycles. The lowest BCUT2D eigenvalue weighted by Crippen LogP contribution is -2.35. The SMILES string of the molecule is COc1cc(NC(=O)c2ccco2)c(C(=O)OCC(=O)N(CCC#N)c2ccc(F)cc2)cc1OC. The van der Waals surface area contributed by atoms with Gasteiger partial charge in [0.25, 0.3) is 11.8 Å². The molecular weight excluding hydrogens is 473 g/mol. The second-order valence-corrected chi connectivity index (χ2v) is 7.19. The molecule has 1 heterocycles. The topological polar surface area (TPSA) is 131 Å². The third-order valence-electron chi connectivity index (χ3n) is 4.95. The monoisotopic (exact) mass is 495 g/mol. The highest BCUT2D eigenvalue weighted by molar-refractivity contribution is 6.07. The van der Waals surface area contributed by atoms with Crippen molar-refractivity contribution in [3.05, 3.63) is 71.9 Å². The number of furan rings is 1. The number of halogens is 1. The Kier molecular flexibility index (Phi) is 8.61. The summed E-state index contributed by atoms with van der Waals surface area (Å²) in [5.41, 5.74) is 0.266. The second kappa shape index (κ2) is 12.0. The summed E-state index contributed by atoms with van der Waals surface area (Å²) in [5.74, 6) is -2.25. The van der Waals surface area contributed by atoms with E-state index in [0.29, 0.717) is 5.69 Å². The van der Waals surface area contributed by atoms with Gasteiger partial charge in [-0.25, -0.2) is 9.18 Å². The molecule has 0 aliphatic carbocycles. The number of nitriles is 1. The zero-order valence-electron chi connectivity index (χ0n) is 19.4. The van der Waals surface area contributed by atoms with E-state index in [1.165, 1.54) is 73.9 Å². The first-order valence-electron chi connectivity index (χ1n) is 10.6. The summed E-state index contributed by atoms with van der Waals surface area (Å²) in [4.78, 5) is 39.5. The van der Waals surface area contributed by atoms with Crippen LogP contribution in [0, 0.1) is 17.1 Å². The van der Waals surface area contributed by atoms with E-state index < -0.39 is 30.2 Å². The number of hydrogen-bond donors (Lipinski definition) is 1. The highest BCUT2D eigenvalue weighted by Gasteiger charge is 2.23. The van der Waals surface area contributed by atoms with E-state index in [4.69, 9.17) is 23.9 Å². The standard InChI is InChI=1S/C25H22FN3O7/c1-33-21-13-18(19(14-22(21)34-2)28-24(31)20-5-3-12-35-20)25(32)36-15-23(30)29(11-4-10-27)17-8-6-16(26)7-9-17/h3,5-9,12-14H,4,11,15H2,1-2H3,(H,28,31). The van der Waals surface area contributed by atoms with Gasteiger partial charge in [-0.1, -0.05) is 0 Å². The van der Waals surface area contributed by atoms with Crippen LogP contribution in [0.25, 0.3) is 0 Å². The number of carbonyl (C=O) groups excluding carboxylic acids is 3. The van der Waals surface area contributed by atoms with Crippen molar-refractivity contribution < 1.29 is 37.4 Å². The molecule has 3 aromatic rings. The smallest absolute Gasteiger partial charge is 0.340 e. The van der Waals surface area contributed by atoms with Crippen molar-refractivity contribution in [3.8, 4) is 17.6 Å². The van der Waals surface area contributed by atoms with Gasteiger partial charge >= 0.3 is 5.97 Å². The van der Waals surface area contributed by atoms with Gasteiger partial charge in [-0.3, -0.25) is 9.59 Å². The van der Waals surface area contributed by atoms with Crippen LogP contribution in [0.1, 0.15) is 27.3 Å². The number of anilines is 2. The van der Waals surface area contributed by atoms with Crippen LogP contribution in [-0.2, 0) is 9.53 Å². The summed E-state index contributed by atoms with van der Waals surface area (Å²) in [5, 5.41) is 11.5. The maximum atomic E-state index is 13.3. The van der Waals surface area contributed by atoms with Gasteiger partial charge in [0.1, 0.15) is 5.82 Å². The number of nitrogens with one attached hydrogen (secondary N) is 1. The van der Waals surface area contributed by atoms with Gasteiger partial charge in [-0.15, -0.1) is 0 Å². The Morgan fingerprint density at radius 3 is 2.39 bits per heavy atom. The third kappa shape index (κ3) is 6.18. The number of hydrogen-bond acceptors (Lipinski definition) is 8. The number of amides is 2. The lowest BCUT2D eigenvalue weighted by Gasteiger charge is -2.22. The van der Waals surface area contributed by atoms with Gasteiger partial charge in [-0.2, -0.15) is 5.26 Å². The van der Waals surface area contributed by atoms with Gasteiger partial charge in [-0.05, 0) is 36.4 Å². The first-order valence-corrected chi connectivity index (χ1v) is 10.6. The summed E-state index contributed by atoms with van der Waals surface area (Å²) in [6.45, 7) is -0.666. The van der Waals surface area contributed by atoms with Crippen molar-refractivity contribution in [3.63, 3.8) is 0 Å². The van der Waals surface area contributed by atoms with Crippen LogP contribution in [0.4, 0.5) is 15.8 Å². The van der Waals surface area contributed by atoms with E-state index >= 15 is 0 Å². The summed E-state index contributed by atoms with van der Waals surface area (Å²) >= 11 is 0. The fourth-order valence-electron chi connectivity index (χ4n) is 3.21. The normalized spacial score (nSPS) is 10.2. The molecule has 0 bridgehead atoms. The molecule has 0 saturated carbocycles. The zero-order chi connectivity index (χ0) is 26.1. The molecule has 10 nitrogen and oxygen atoms in total. The van der Waals surface area contributed by atoms with Crippen molar-refractivity contribution in [2.75, 3.05) is 37.6 Å². The van der Waals surface area contributed by atoms with E-state index in [9.17, 15) is 18.8 Å². The first kappa shape index (κ1) is 25.8. The maximum absolute atomic E-state index is 13.3. The van der Waals surface area contributed by atoms with E-state index in [1.54, 1.807) is 0 Å². The molecule has 1 N–H and O–H groups in total. The Morgan fingerprint density at radius 2 is 1.78 bits per heavy atom. The molecule has 0 unspecified atom stereocenters. The van der Waals surface area contributed by atoms with Crippen LogP contribution < -0.4 is 19.7 Å². The highest BCUT2D eigenvalue weighted by Crippen LogP contribution is 2.34. The molecule has 2 amide bonds. The molecule has 0 atom stereocenters. The molecule has 3 rings (SSSR count).